The number of nitrogens with zero attached hydrogens (tertiary/aromatic N) is 1. The number of aromatic nitrogens is 2. The van der Waals surface area contributed by atoms with Crippen LogP contribution < -0.4 is 4.74 Å². The maximum Gasteiger partial charge on any atom is 0.153 e. The molecule has 0 radical (unpaired) electrons. The van der Waals surface area contributed by atoms with Gasteiger partial charge in [0.1, 0.15) is 11.6 Å². The number of hydrogen-bond acceptors (Lipinski definition) is 2. The minimum absolute atomic E-state index is 0.114. The van der Waals surface area contributed by atoms with Crippen LogP contribution in [0.1, 0.15) is 35.5 Å². The Hall–Kier alpha value is -2.29. The second-order valence-corrected chi connectivity index (χ2v) is 5.62. The van der Waals surface area contributed by atoms with E-state index in [9.17, 15) is 0 Å². The Labute approximate surface area is 125 Å². The highest BCUT2D eigenvalue weighted by Gasteiger charge is 2.14. The van der Waals surface area contributed by atoms with Crippen molar-refractivity contribution < 1.29 is 4.74 Å². The fraction of sp³-hybridized carbons (Fsp3) is 0.278. The lowest BCUT2D eigenvalue weighted by Crippen LogP contribution is -2.06. The molecule has 1 N–H and O–H groups in total. The van der Waals surface area contributed by atoms with E-state index in [4.69, 9.17) is 4.74 Å². The molecule has 0 fully saturated rings. The Kier molecular flexibility index (Phi) is 3.42. The van der Waals surface area contributed by atoms with Crippen molar-refractivity contribution in [1.82, 2.24) is 9.97 Å². The summed E-state index contributed by atoms with van der Waals surface area (Å²) in [5, 5.41) is 0. The molecule has 0 saturated carbocycles. The molecule has 0 saturated heterocycles. The highest BCUT2D eigenvalue weighted by Crippen LogP contribution is 2.26. The van der Waals surface area contributed by atoms with E-state index in [1.807, 2.05) is 19.1 Å². The van der Waals surface area contributed by atoms with Gasteiger partial charge in [-0.3, -0.25) is 0 Å². The SMILES string of the molecule is Cc1ccc(C)c(OC(C)c2nc3c(C)cccc3[nH]2)c1. The van der Waals surface area contributed by atoms with Crippen molar-refractivity contribution in [2.24, 2.45) is 0 Å². The number of rotatable bonds is 3. The molecule has 1 heterocycles. The Morgan fingerprint density at radius 2 is 1.86 bits per heavy atom. The zero-order valence-corrected chi connectivity index (χ0v) is 12.9. The number of hydrogen-bond donors (Lipinski definition) is 1. The van der Waals surface area contributed by atoms with Crippen LogP contribution in [0.2, 0.25) is 0 Å². The average Bonchev–Trinajstić information content (AvgIpc) is 2.88. The van der Waals surface area contributed by atoms with Crippen molar-refractivity contribution in [2.45, 2.75) is 33.8 Å². The molecule has 0 aliphatic rings. The lowest BCUT2D eigenvalue weighted by Gasteiger charge is -2.15. The molecule has 3 aromatic rings. The first-order valence-electron chi connectivity index (χ1n) is 7.24. The van der Waals surface area contributed by atoms with Crippen LogP contribution in [0.3, 0.4) is 0 Å². The lowest BCUT2D eigenvalue weighted by molar-refractivity contribution is 0.216. The number of aromatic amines is 1. The van der Waals surface area contributed by atoms with E-state index < -0.39 is 0 Å². The average molecular weight is 280 g/mol. The second kappa shape index (κ2) is 5.24. The number of aryl methyl sites for hydroxylation is 3. The van der Waals surface area contributed by atoms with Gasteiger partial charge in [0.15, 0.2) is 6.10 Å². The van der Waals surface area contributed by atoms with Crippen LogP contribution in [-0.2, 0) is 0 Å². The molecule has 3 heteroatoms. The fourth-order valence-electron chi connectivity index (χ4n) is 2.47. The molecule has 0 spiro atoms. The molecule has 2 aromatic carbocycles. The Morgan fingerprint density at radius 3 is 2.62 bits per heavy atom. The normalized spacial score (nSPS) is 12.6. The maximum atomic E-state index is 6.09. The molecular weight excluding hydrogens is 260 g/mol. The van der Waals surface area contributed by atoms with Gasteiger partial charge in [0.05, 0.1) is 11.0 Å². The number of para-hydroxylation sites is 1. The number of nitrogens with one attached hydrogen (secondary N) is 1. The van der Waals surface area contributed by atoms with Gasteiger partial charge in [0.2, 0.25) is 0 Å². The number of ether oxygens (including phenoxy) is 1. The number of imidazole rings is 1. The zero-order chi connectivity index (χ0) is 15.0. The van der Waals surface area contributed by atoms with E-state index in [1.54, 1.807) is 0 Å². The molecule has 3 rings (SSSR count). The van der Waals surface area contributed by atoms with Gasteiger partial charge in [-0.25, -0.2) is 4.98 Å². The molecule has 1 atom stereocenters. The van der Waals surface area contributed by atoms with Crippen LogP contribution >= 0.6 is 0 Å². The fourth-order valence-corrected chi connectivity index (χ4v) is 2.47. The van der Waals surface area contributed by atoms with Crippen LogP contribution in [0.4, 0.5) is 0 Å². The lowest BCUT2D eigenvalue weighted by atomic mass is 10.1. The van der Waals surface area contributed by atoms with E-state index in [0.29, 0.717) is 0 Å². The molecule has 1 aromatic heterocycles. The summed E-state index contributed by atoms with van der Waals surface area (Å²) in [6.07, 6.45) is -0.114. The molecule has 0 bridgehead atoms. The molecule has 0 amide bonds. The summed E-state index contributed by atoms with van der Waals surface area (Å²) in [7, 11) is 0. The summed E-state index contributed by atoms with van der Waals surface area (Å²) in [5.74, 6) is 1.78. The Balaban J connectivity index is 1.91. The molecule has 108 valence electrons. The number of fused-ring (bicyclic) bond motifs is 1. The predicted molar refractivity (Wildman–Crippen MR) is 85.8 cm³/mol. The standard InChI is InChI=1S/C18H20N2O/c1-11-8-9-12(2)16(10-11)21-14(4)18-19-15-7-5-6-13(3)17(15)20-18/h5-10,14H,1-4H3,(H,19,20). The van der Waals surface area contributed by atoms with Crippen molar-refractivity contribution in [2.75, 3.05) is 0 Å². The zero-order valence-electron chi connectivity index (χ0n) is 12.9. The molecule has 3 nitrogen and oxygen atoms in total. The molecular formula is C18H20N2O. The molecule has 21 heavy (non-hydrogen) atoms. The van der Waals surface area contributed by atoms with Crippen molar-refractivity contribution in [1.29, 1.82) is 0 Å². The molecule has 1 unspecified atom stereocenters. The monoisotopic (exact) mass is 280 g/mol. The predicted octanol–water partition coefficient (Wildman–Crippen LogP) is 4.63. The van der Waals surface area contributed by atoms with Gasteiger partial charge >= 0.3 is 0 Å². The van der Waals surface area contributed by atoms with E-state index in [2.05, 4.69) is 55.0 Å². The van der Waals surface area contributed by atoms with Crippen LogP contribution in [0.15, 0.2) is 36.4 Å². The van der Waals surface area contributed by atoms with Crippen molar-refractivity contribution >= 4 is 11.0 Å². The first-order chi connectivity index (χ1) is 10.0. The van der Waals surface area contributed by atoms with Crippen LogP contribution in [0.5, 0.6) is 5.75 Å². The Morgan fingerprint density at radius 1 is 1.05 bits per heavy atom. The summed E-state index contributed by atoms with van der Waals surface area (Å²) in [5.41, 5.74) is 5.59. The first kappa shape index (κ1) is 13.7. The van der Waals surface area contributed by atoms with Gasteiger partial charge in [-0.1, -0.05) is 24.3 Å². The minimum atomic E-state index is -0.114. The van der Waals surface area contributed by atoms with Crippen LogP contribution in [-0.4, -0.2) is 9.97 Å². The van der Waals surface area contributed by atoms with Gasteiger partial charge < -0.3 is 9.72 Å². The van der Waals surface area contributed by atoms with Gasteiger partial charge in [-0.15, -0.1) is 0 Å². The highest BCUT2D eigenvalue weighted by atomic mass is 16.5. The van der Waals surface area contributed by atoms with E-state index in [1.165, 1.54) is 11.1 Å². The van der Waals surface area contributed by atoms with E-state index >= 15 is 0 Å². The summed E-state index contributed by atoms with van der Waals surface area (Å²) >= 11 is 0. The minimum Gasteiger partial charge on any atom is -0.483 e. The van der Waals surface area contributed by atoms with Crippen LogP contribution in [0, 0.1) is 20.8 Å². The van der Waals surface area contributed by atoms with E-state index in [0.717, 1.165) is 28.2 Å². The summed E-state index contributed by atoms with van der Waals surface area (Å²) in [6.45, 7) is 8.23. The molecule has 0 aliphatic heterocycles. The summed E-state index contributed by atoms with van der Waals surface area (Å²) in [4.78, 5) is 8.03. The van der Waals surface area contributed by atoms with Crippen LogP contribution in [0.25, 0.3) is 11.0 Å². The third-order valence-electron chi connectivity index (χ3n) is 3.77. The smallest absolute Gasteiger partial charge is 0.153 e. The quantitative estimate of drug-likeness (QED) is 0.759. The van der Waals surface area contributed by atoms with Crippen molar-refractivity contribution in [3.8, 4) is 5.75 Å². The van der Waals surface area contributed by atoms with Gasteiger partial charge in [0, 0.05) is 0 Å². The Bertz CT molecular complexity index is 789. The molecule has 0 aliphatic carbocycles. The maximum absolute atomic E-state index is 6.09. The highest BCUT2D eigenvalue weighted by molar-refractivity contribution is 5.78. The summed E-state index contributed by atoms with van der Waals surface area (Å²) in [6, 6.07) is 12.4. The first-order valence-corrected chi connectivity index (χ1v) is 7.24. The topological polar surface area (TPSA) is 37.9 Å². The largest absolute Gasteiger partial charge is 0.483 e. The third kappa shape index (κ3) is 2.64. The second-order valence-electron chi connectivity index (χ2n) is 5.62. The van der Waals surface area contributed by atoms with Gasteiger partial charge in [0.25, 0.3) is 0 Å². The third-order valence-corrected chi connectivity index (χ3v) is 3.77. The van der Waals surface area contributed by atoms with E-state index in [-0.39, 0.29) is 6.10 Å². The number of benzene rings is 2. The van der Waals surface area contributed by atoms with Crippen molar-refractivity contribution in [3.05, 3.63) is 58.9 Å². The van der Waals surface area contributed by atoms with Crippen molar-refractivity contribution in [3.63, 3.8) is 0 Å². The van der Waals surface area contributed by atoms with Gasteiger partial charge in [-0.2, -0.15) is 0 Å². The summed E-state index contributed by atoms with van der Waals surface area (Å²) < 4.78 is 6.09. The number of H-pyrrole nitrogens is 1. The van der Waals surface area contributed by atoms with Gasteiger partial charge in [-0.05, 0) is 56.5 Å².